The molecule has 0 radical (unpaired) electrons. The van der Waals surface area contributed by atoms with Gasteiger partial charge in [0, 0.05) is 15.2 Å². The summed E-state index contributed by atoms with van der Waals surface area (Å²) in [4.78, 5) is 13.5. The molecule has 2 aromatic rings. The summed E-state index contributed by atoms with van der Waals surface area (Å²) in [6.07, 6.45) is 3.43. The number of hydrogen-bond acceptors (Lipinski definition) is 2. The number of rotatable bonds is 4. The Morgan fingerprint density at radius 3 is 2.47 bits per heavy atom. The minimum absolute atomic E-state index is 0.0937. The smallest absolute Gasteiger partial charge is 0.304 e. The predicted octanol–water partition coefficient (Wildman–Crippen LogP) is 4.31. The quantitative estimate of drug-likeness (QED) is 0.900. The van der Waals surface area contributed by atoms with E-state index in [0.29, 0.717) is 0 Å². The maximum absolute atomic E-state index is 11.1. The van der Waals surface area contributed by atoms with Crippen molar-refractivity contribution in [1.29, 1.82) is 0 Å². The second-order valence-corrected chi connectivity index (χ2v) is 6.32. The molecular weight excluding hydrogens is 256 g/mol. The summed E-state index contributed by atoms with van der Waals surface area (Å²) in [5.74, 6) is -0.686. The fraction of sp³-hybridized carbons (Fsp3) is 0.312. The van der Waals surface area contributed by atoms with Crippen molar-refractivity contribution in [1.82, 2.24) is 0 Å². The van der Waals surface area contributed by atoms with E-state index in [1.54, 1.807) is 11.3 Å². The SMILES string of the molecule is O=C(O)CC1(c2ccc(-c3ccccc3)s2)CCC1. The van der Waals surface area contributed by atoms with E-state index in [-0.39, 0.29) is 11.8 Å². The van der Waals surface area contributed by atoms with Crippen LogP contribution in [-0.4, -0.2) is 11.1 Å². The molecule has 0 aliphatic heterocycles. The van der Waals surface area contributed by atoms with Crippen LogP contribution < -0.4 is 0 Å². The number of benzene rings is 1. The molecule has 0 atom stereocenters. The summed E-state index contributed by atoms with van der Waals surface area (Å²) in [6, 6.07) is 14.5. The molecule has 0 spiro atoms. The van der Waals surface area contributed by atoms with Crippen molar-refractivity contribution in [3.63, 3.8) is 0 Å². The Morgan fingerprint density at radius 1 is 1.16 bits per heavy atom. The van der Waals surface area contributed by atoms with Gasteiger partial charge in [-0.2, -0.15) is 0 Å². The highest BCUT2D eigenvalue weighted by atomic mass is 32.1. The molecule has 19 heavy (non-hydrogen) atoms. The number of thiophene rings is 1. The van der Waals surface area contributed by atoms with Gasteiger partial charge in [-0.3, -0.25) is 4.79 Å². The van der Waals surface area contributed by atoms with Gasteiger partial charge in [0.15, 0.2) is 0 Å². The Balaban J connectivity index is 1.90. The molecule has 0 amide bonds. The Morgan fingerprint density at radius 2 is 1.89 bits per heavy atom. The molecule has 0 unspecified atom stereocenters. The van der Waals surface area contributed by atoms with Crippen LogP contribution in [0.5, 0.6) is 0 Å². The number of aliphatic carboxylic acids is 1. The van der Waals surface area contributed by atoms with Crippen LogP contribution in [0.4, 0.5) is 0 Å². The van der Waals surface area contributed by atoms with E-state index in [2.05, 4.69) is 24.3 Å². The van der Waals surface area contributed by atoms with Crippen LogP contribution in [0.3, 0.4) is 0 Å². The first kappa shape index (κ1) is 12.4. The van der Waals surface area contributed by atoms with Crippen molar-refractivity contribution in [3.8, 4) is 10.4 Å². The van der Waals surface area contributed by atoms with Gasteiger partial charge in [0.1, 0.15) is 0 Å². The third kappa shape index (κ3) is 2.30. The van der Waals surface area contributed by atoms with E-state index >= 15 is 0 Å². The lowest BCUT2D eigenvalue weighted by atomic mass is 9.66. The third-order valence-electron chi connectivity index (χ3n) is 3.99. The predicted molar refractivity (Wildman–Crippen MR) is 77.5 cm³/mol. The first-order valence-corrected chi connectivity index (χ1v) is 7.39. The van der Waals surface area contributed by atoms with Crippen molar-refractivity contribution in [2.75, 3.05) is 0 Å². The zero-order valence-corrected chi connectivity index (χ0v) is 11.5. The molecule has 2 nitrogen and oxygen atoms in total. The van der Waals surface area contributed by atoms with Gasteiger partial charge in [-0.15, -0.1) is 11.3 Å². The highest BCUT2D eigenvalue weighted by molar-refractivity contribution is 7.15. The molecule has 1 heterocycles. The molecular formula is C16H16O2S. The molecule has 0 bridgehead atoms. The van der Waals surface area contributed by atoms with E-state index in [1.165, 1.54) is 15.3 Å². The van der Waals surface area contributed by atoms with Crippen LogP contribution in [0.2, 0.25) is 0 Å². The summed E-state index contributed by atoms with van der Waals surface area (Å²) in [7, 11) is 0. The molecule has 1 aromatic heterocycles. The van der Waals surface area contributed by atoms with Gasteiger partial charge in [0.05, 0.1) is 6.42 Å². The summed E-state index contributed by atoms with van der Waals surface area (Å²) in [6.45, 7) is 0. The lowest BCUT2D eigenvalue weighted by molar-refractivity contribution is -0.139. The van der Waals surface area contributed by atoms with Gasteiger partial charge in [-0.25, -0.2) is 0 Å². The topological polar surface area (TPSA) is 37.3 Å². The zero-order valence-electron chi connectivity index (χ0n) is 10.6. The Hall–Kier alpha value is -1.61. The lowest BCUT2D eigenvalue weighted by Gasteiger charge is -2.40. The van der Waals surface area contributed by atoms with E-state index < -0.39 is 5.97 Å². The molecule has 0 saturated heterocycles. The van der Waals surface area contributed by atoms with Gasteiger partial charge < -0.3 is 5.11 Å². The molecule has 1 aliphatic rings. The summed E-state index contributed by atoms with van der Waals surface area (Å²) < 4.78 is 0. The van der Waals surface area contributed by atoms with Gasteiger partial charge in [-0.1, -0.05) is 36.8 Å². The Bertz CT molecular complexity index is 582. The van der Waals surface area contributed by atoms with Crippen LogP contribution in [-0.2, 0) is 10.2 Å². The normalized spacial score (nSPS) is 16.8. The Labute approximate surface area is 116 Å². The first-order chi connectivity index (χ1) is 9.20. The lowest BCUT2D eigenvalue weighted by Crippen LogP contribution is -2.35. The molecule has 3 heteroatoms. The first-order valence-electron chi connectivity index (χ1n) is 6.57. The second-order valence-electron chi connectivity index (χ2n) is 5.23. The zero-order chi connectivity index (χ0) is 13.3. The monoisotopic (exact) mass is 272 g/mol. The van der Waals surface area contributed by atoms with E-state index in [9.17, 15) is 4.79 Å². The molecule has 1 aromatic carbocycles. The minimum atomic E-state index is -0.686. The van der Waals surface area contributed by atoms with E-state index in [1.807, 2.05) is 18.2 Å². The van der Waals surface area contributed by atoms with Crippen LogP contribution in [0.15, 0.2) is 42.5 Å². The third-order valence-corrected chi connectivity index (χ3v) is 5.37. The number of carbonyl (C=O) groups is 1. The van der Waals surface area contributed by atoms with Crippen molar-refractivity contribution >= 4 is 17.3 Å². The van der Waals surface area contributed by atoms with Gasteiger partial charge >= 0.3 is 5.97 Å². The Kier molecular flexibility index (Phi) is 3.15. The summed E-state index contributed by atoms with van der Waals surface area (Å²) >= 11 is 1.75. The van der Waals surface area contributed by atoms with Gasteiger partial charge in [0.25, 0.3) is 0 Å². The highest BCUT2D eigenvalue weighted by Gasteiger charge is 2.41. The fourth-order valence-electron chi connectivity index (χ4n) is 2.78. The van der Waals surface area contributed by atoms with Crippen molar-refractivity contribution in [2.24, 2.45) is 0 Å². The minimum Gasteiger partial charge on any atom is -0.481 e. The van der Waals surface area contributed by atoms with Crippen molar-refractivity contribution in [3.05, 3.63) is 47.3 Å². The number of hydrogen-bond donors (Lipinski definition) is 1. The summed E-state index contributed by atoms with van der Waals surface area (Å²) in [5.41, 5.74) is 1.12. The second kappa shape index (κ2) is 4.82. The van der Waals surface area contributed by atoms with E-state index in [0.717, 1.165) is 19.3 Å². The van der Waals surface area contributed by atoms with Crippen LogP contribution in [0.25, 0.3) is 10.4 Å². The van der Waals surface area contributed by atoms with Crippen LogP contribution in [0.1, 0.15) is 30.6 Å². The maximum Gasteiger partial charge on any atom is 0.304 e. The average molecular weight is 272 g/mol. The molecule has 3 rings (SSSR count). The standard InChI is InChI=1S/C16H16O2S/c17-15(18)11-16(9-4-10-16)14-8-7-13(19-14)12-5-2-1-3-6-12/h1-3,5-8H,4,9-11H2,(H,17,18). The molecule has 1 aliphatic carbocycles. The van der Waals surface area contributed by atoms with E-state index in [4.69, 9.17) is 5.11 Å². The summed E-state index contributed by atoms with van der Waals surface area (Å²) in [5, 5.41) is 9.10. The van der Waals surface area contributed by atoms with Crippen LogP contribution >= 0.6 is 11.3 Å². The van der Waals surface area contributed by atoms with Gasteiger partial charge in [0.2, 0.25) is 0 Å². The highest BCUT2D eigenvalue weighted by Crippen LogP contribution is 2.49. The van der Waals surface area contributed by atoms with Crippen LogP contribution in [0, 0.1) is 0 Å². The number of carboxylic acid groups (broad SMARTS) is 1. The molecule has 1 N–H and O–H groups in total. The van der Waals surface area contributed by atoms with Gasteiger partial charge in [-0.05, 0) is 30.5 Å². The maximum atomic E-state index is 11.1. The van der Waals surface area contributed by atoms with Crippen molar-refractivity contribution in [2.45, 2.75) is 31.1 Å². The number of carboxylic acids is 1. The average Bonchev–Trinajstić information content (AvgIpc) is 2.84. The fourth-order valence-corrected chi connectivity index (χ4v) is 4.04. The molecule has 98 valence electrons. The van der Waals surface area contributed by atoms with Crippen molar-refractivity contribution < 1.29 is 9.90 Å². The largest absolute Gasteiger partial charge is 0.481 e. The molecule has 1 saturated carbocycles. The molecule has 1 fully saturated rings.